The number of Topliss-reactive ketones (excluding diaryl/α,β-unsaturated/α-hetero) is 1. The molecule has 0 spiro atoms. The SMILES string of the molecule is O=C(COc1ccc(Cl)cc1)c1ccncc1F. The van der Waals surface area contributed by atoms with Crippen molar-refractivity contribution >= 4 is 17.4 Å². The molecular weight excluding hydrogens is 257 g/mol. The molecule has 1 heterocycles. The van der Waals surface area contributed by atoms with Crippen LogP contribution < -0.4 is 4.74 Å². The van der Waals surface area contributed by atoms with Gasteiger partial charge in [0.25, 0.3) is 0 Å². The summed E-state index contributed by atoms with van der Waals surface area (Å²) in [5, 5.41) is 0.578. The van der Waals surface area contributed by atoms with Gasteiger partial charge in [0.2, 0.25) is 5.78 Å². The molecule has 0 saturated carbocycles. The molecule has 0 atom stereocenters. The summed E-state index contributed by atoms with van der Waals surface area (Å²) in [4.78, 5) is 15.3. The Morgan fingerprint density at radius 1 is 1.28 bits per heavy atom. The van der Waals surface area contributed by atoms with Crippen molar-refractivity contribution in [3.8, 4) is 5.75 Å². The molecule has 0 fully saturated rings. The molecule has 0 aliphatic rings. The van der Waals surface area contributed by atoms with E-state index in [0.717, 1.165) is 6.20 Å². The van der Waals surface area contributed by atoms with Crippen molar-refractivity contribution in [3.05, 3.63) is 59.1 Å². The van der Waals surface area contributed by atoms with Gasteiger partial charge < -0.3 is 4.74 Å². The molecule has 0 radical (unpaired) electrons. The van der Waals surface area contributed by atoms with Gasteiger partial charge in [-0.25, -0.2) is 4.39 Å². The Balaban J connectivity index is 2.01. The smallest absolute Gasteiger partial charge is 0.203 e. The van der Waals surface area contributed by atoms with Crippen molar-refractivity contribution in [2.24, 2.45) is 0 Å². The van der Waals surface area contributed by atoms with Gasteiger partial charge in [-0.05, 0) is 30.3 Å². The zero-order valence-corrected chi connectivity index (χ0v) is 10.0. The van der Waals surface area contributed by atoms with Gasteiger partial charge in [-0.15, -0.1) is 0 Å². The van der Waals surface area contributed by atoms with Crippen molar-refractivity contribution in [2.45, 2.75) is 0 Å². The highest BCUT2D eigenvalue weighted by atomic mass is 35.5. The molecule has 1 aromatic carbocycles. The van der Waals surface area contributed by atoms with Crippen molar-refractivity contribution in [1.29, 1.82) is 0 Å². The summed E-state index contributed by atoms with van der Waals surface area (Å²) in [5.41, 5.74) is -0.0287. The molecule has 5 heteroatoms. The summed E-state index contributed by atoms with van der Waals surface area (Å²) in [6, 6.07) is 7.89. The van der Waals surface area contributed by atoms with Crippen LogP contribution in [0.25, 0.3) is 0 Å². The number of hydrogen-bond donors (Lipinski definition) is 0. The van der Waals surface area contributed by atoms with E-state index in [9.17, 15) is 9.18 Å². The van der Waals surface area contributed by atoms with E-state index >= 15 is 0 Å². The van der Waals surface area contributed by atoms with Gasteiger partial charge in [-0.1, -0.05) is 11.6 Å². The second kappa shape index (κ2) is 5.60. The quantitative estimate of drug-likeness (QED) is 0.797. The molecule has 0 bridgehead atoms. The maximum absolute atomic E-state index is 13.3. The summed E-state index contributed by atoms with van der Waals surface area (Å²) in [7, 11) is 0. The van der Waals surface area contributed by atoms with Crippen molar-refractivity contribution < 1.29 is 13.9 Å². The average Bonchev–Trinajstić information content (AvgIpc) is 2.38. The summed E-state index contributed by atoms with van der Waals surface area (Å²) >= 11 is 5.71. The number of hydrogen-bond acceptors (Lipinski definition) is 3. The van der Waals surface area contributed by atoms with Gasteiger partial charge >= 0.3 is 0 Å². The first-order valence-corrected chi connectivity index (χ1v) is 5.55. The highest BCUT2D eigenvalue weighted by Crippen LogP contribution is 2.16. The minimum atomic E-state index is -0.651. The Morgan fingerprint density at radius 3 is 2.67 bits per heavy atom. The lowest BCUT2D eigenvalue weighted by Gasteiger charge is -2.05. The van der Waals surface area contributed by atoms with E-state index in [4.69, 9.17) is 16.3 Å². The monoisotopic (exact) mass is 265 g/mol. The van der Waals surface area contributed by atoms with Gasteiger partial charge in [0, 0.05) is 11.2 Å². The fourth-order valence-electron chi connectivity index (χ4n) is 1.36. The summed E-state index contributed by atoms with van der Waals surface area (Å²) < 4.78 is 18.5. The van der Waals surface area contributed by atoms with Crippen LogP contribution in [-0.2, 0) is 0 Å². The Bertz CT molecular complexity index is 557. The Kier molecular flexibility index (Phi) is 3.89. The zero-order valence-electron chi connectivity index (χ0n) is 9.27. The molecule has 0 aliphatic heterocycles. The largest absolute Gasteiger partial charge is 0.485 e. The van der Waals surface area contributed by atoms with E-state index < -0.39 is 11.6 Å². The van der Waals surface area contributed by atoms with Gasteiger partial charge in [0.15, 0.2) is 12.4 Å². The van der Waals surface area contributed by atoms with Crippen LogP contribution in [0.5, 0.6) is 5.75 Å². The van der Waals surface area contributed by atoms with Crippen LogP contribution in [0, 0.1) is 5.82 Å². The zero-order chi connectivity index (χ0) is 13.0. The van der Waals surface area contributed by atoms with Gasteiger partial charge in [-0.2, -0.15) is 0 Å². The first-order valence-electron chi connectivity index (χ1n) is 5.18. The average molecular weight is 266 g/mol. The van der Waals surface area contributed by atoms with Crippen LogP contribution >= 0.6 is 11.6 Å². The highest BCUT2D eigenvalue weighted by molar-refractivity contribution is 6.30. The molecule has 92 valence electrons. The van der Waals surface area contributed by atoms with E-state index in [2.05, 4.69) is 4.98 Å². The minimum absolute atomic E-state index is 0.0287. The lowest BCUT2D eigenvalue weighted by atomic mass is 10.2. The fraction of sp³-hybridized carbons (Fsp3) is 0.0769. The number of benzene rings is 1. The Hall–Kier alpha value is -1.94. The summed E-state index contributed by atoms with van der Waals surface area (Å²) in [6.07, 6.45) is 2.36. The van der Waals surface area contributed by atoms with Crippen LogP contribution in [0.1, 0.15) is 10.4 Å². The standard InChI is InChI=1S/C13H9ClFNO2/c14-9-1-3-10(4-2-9)18-8-13(17)11-5-6-16-7-12(11)15/h1-7H,8H2. The van der Waals surface area contributed by atoms with Crippen LogP contribution in [0.4, 0.5) is 4.39 Å². The van der Waals surface area contributed by atoms with Gasteiger partial charge in [-0.3, -0.25) is 9.78 Å². The number of ether oxygens (including phenoxy) is 1. The first kappa shape index (κ1) is 12.5. The third kappa shape index (κ3) is 3.05. The summed E-state index contributed by atoms with van der Waals surface area (Å²) in [5.74, 6) is -0.589. The molecule has 2 aromatic rings. The van der Waals surface area contributed by atoms with Crippen molar-refractivity contribution in [3.63, 3.8) is 0 Å². The maximum Gasteiger partial charge on any atom is 0.203 e. The number of rotatable bonds is 4. The predicted molar refractivity (Wildman–Crippen MR) is 65.5 cm³/mol. The number of carbonyl (C=O) groups excluding carboxylic acids is 1. The first-order chi connectivity index (χ1) is 8.66. The molecule has 0 unspecified atom stereocenters. The third-order valence-corrected chi connectivity index (χ3v) is 2.51. The maximum atomic E-state index is 13.3. The van der Waals surface area contributed by atoms with E-state index in [1.54, 1.807) is 24.3 Å². The van der Waals surface area contributed by atoms with E-state index in [0.29, 0.717) is 10.8 Å². The fourth-order valence-corrected chi connectivity index (χ4v) is 1.48. The number of pyridine rings is 1. The highest BCUT2D eigenvalue weighted by Gasteiger charge is 2.11. The molecule has 1 aromatic heterocycles. The van der Waals surface area contributed by atoms with Crippen LogP contribution in [0.3, 0.4) is 0 Å². The van der Waals surface area contributed by atoms with Gasteiger partial charge in [0.05, 0.1) is 11.8 Å². The van der Waals surface area contributed by atoms with Crippen molar-refractivity contribution in [2.75, 3.05) is 6.61 Å². The third-order valence-electron chi connectivity index (χ3n) is 2.26. The van der Waals surface area contributed by atoms with E-state index in [-0.39, 0.29) is 12.2 Å². The van der Waals surface area contributed by atoms with Crippen LogP contribution in [0.2, 0.25) is 5.02 Å². The molecule has 2 rings (SSSR count). The van der Waals surface area contributed by atoms with E-state index in [1.807, 2.05) is 0 Å². The Morgan fingerprint density at radius 2 is 2.00 bits per heavy atom. The summed E-state index contributed by atoms with van der Waals surface area (Å²) in [6.45, 7) is -0.234. The molecule has 0 amide bonds. The number of carbonyl (C=O) groups is 1. The lowest BCUT2D eigenvalue weighted by molar-refractivity contribution is 0.0917. The molecule has 0 aliphatic carbocycles. The molecular formula is C13H9ClFNO2. The second-order valence-corrected chi connectivity index (χ2v) is 3.96. The van der Waals surface area contributed by atoms with Crippen LogP contribution in [0.15, 0.2) is 42.7 Å². The predicted octanol–water partition coefficient (Wildman–Crippen LogP) is 3.14. The van der Waals surface area contributed by atoms with Gasteiger partial charge in [0.1, 0.15) is 5.75 Å². The topological polar surface area (TPSA) is 39.2 Å². The normalized spacial score (nSPS) is 10.1. The number of nitrogens with zero attached hydrogens (tertiary/aromatic N) is 1. The molecule has 0 N–H and O–H groups in total. The number of aromatic nitrogens is 1. The number of ketones is 1. The molecule has 18 heavy (non-hydrogen) atoms. The second-order valence-electron chi connectivity index (χ2n) is 3.52. The molecule has 3 nitrogen and oxygen atoms in total. The Labute approximate surface area is 108 Å². The van der Waals surface area contributed by atoms with Crippen LogP contribution in [-0.4, -0.2) is 17.4 Å². The van der Waals surface area contributed by atoms with E-state index in [1.165, 1.54) is 12.3 Å². The molecule has 0 saturated heterocycles. The van der Waals surface area contributed by atoms with Crippen molar-refractivity contribution in [1.82, 2.24) is 4.98 Å². The lowest BCUT2D eigenvalue weighted by Crippen LogP contribution is -2.13. The number of halogens is 2. The minimum Gasteiger partial charge on any atom is -0.485 e.